The molecule has 0 unspecified atom stereocenters. The lowest BCUT2D eigenvalue weighted by Gasteiger charge is -2.19. The molecule has 0 atom stereocenters. The third kappa shape index (κ3) is 4.95. The van der Waals surface area contributed by atoms with E-state index in [0.29, 0.717) is 0 Å². The van der Waals surface area contributed by atoms with Crippen molar-refractivity contribution in [2.24, 2.45) is 0 Å². The van der Waals surface area contributed by atoms with Crippen molar-refractivity contribution >= 4 is 37.4 Å². The molecule has 0 aromatic heterocycles. The van der Waals surface area contributed by atoms with Crippen LogP contribution in [-0.4, -0.2) is 0 Å². The van der Waals surface area contributed by atoms with Gasteiger partial charge in [0.15, 0.2) is 21.5 Å². The van der Waals surface area contributed by atoms with Crippen LogP contribution in [0.15, 0.2) is 121 Å². The maximum atomic E-state index is 4.12. The highest BCUT2D eigenvalue weighted by atomic mass is 79.9. The number of aryl methyl sites for hydroxylation is 1. The van der Waals surface area contributed by atoms with Crippen LogP contribution in [0, 0.1) is 6.92 Å². The predicted octanol–water partition coefficient (Wildman–Crippen LogP) is 6.29. The summed E-state index contributed by atoms with van der Waals surface area (Å²) in [7, 11) is 0. The highest BCUT2D eigenvalue weighted by Crippen LogP contribution is 2.62. The van der Waals surface area contributed by atoms with Crippen molar-refractivity contribution in [3.63, 3.8) is 0 Å². The molecule has 0 radical (unpaired) electrons. The molecule has 0 aliphatic carbocycles. The van der Waals surface area contributed by atoms with Gasteiger partial charge < -0.3 is 0 Å². The Morgan fingerprint density at radius 2 is 0.704 bits per heavy atom. The maximum Gasteiger partial charge on any atom is 0.181 e. The zero-order chi connectivity index (χ0) is 19.0. The lowest BCUT2D eigenvalue weighted by Crippen LogP contribution is -2.26. The van der Waals surface area contributed by atoms with E-state index in [1.807, 2.05) is 18.2 Å². The first-order chi connectivity index (χ1) is 13.2. The average molecular weight is 434 g/mol. The molecule has 0 N–H and O–H groups in total. The van der Waals surface area contributed by atoms with Crippen molar-refractivity contribution in [3.05, 3.63) is 127 Å². The Kier molecular flexibility index (Phi) is 6.98. The molecule has 27 heavy (non-hydrogen) atoms. The van der Waals surface area contributed by atoms with Crippen LogP contribution in [0.3, 0.4) is 0 Å². The fourth-order valence-electron chi connectivity index (χ4n) is 2.88. The number of hydrogen-bond donors (Lipinski definition) is 0. The Hall–Kier alpha value is -2.21. The SMILES string of the molecule is Br[P+](c1ccccc1)(c1ccccc1)c1ccccc1.Cc1ccccc1. The van der Waals surface area contributed by atoms with Crippen LogP contribution in [0.2, 0.25) is 0 Å². The summed E-state index contributed by atoms with van der Waals surface area (Å²) >= 11 is 4.12. The summed E-state index contributed by atoms with van der Waals surface area (Å²) in [6, 6.07) is 42.4. The molecule has 0 aliphatic rings. The number of hydrogen-bond acceptors (Lipinski definition) is 0. The van der Waals surface area contributed by atoms with Crippen molar-refractivity contribution in [1.82, 2.24) is 0 Å². The van der Waals surface area contributed by atoms with Gasteiger partial charge >= 0.3 is 0 Å². The Morgan fingerprint density at radius 3 is 0.926 bits per heavy atom. The van der Waals surface area contributed by atoms with Gasteiger partial charge in [-0.05, 0) is 43.3 Å². The maximum absolute atomic E-state index is 4.12. The molecule has 0 amide bonds. The van der Waals surface area contributed by atoms with Crippen molar-refractivity contribution in [2.75, 3.05) is 0 Å². The van der Waals surface area contributed by atoms with Crippen LogP contribution in [0.25, 0.3) is 0 Å². The molecule has 0 saturated carbocycles. The molecule has 0 saturated heterocycles. The standard InChI is InChI=1S/C18H15BrP.C7H8/c19-20(16-10-4-1-5-11-16,17-12-6-2-7-13-17)18-14-8-3-9-15-18;1-7-5-3-2-4-6-7/h1-15H;2-6H,1H3/q+1;. The van der Waals surface area contributed by atoms with Gasteiger partial charge in [0.05, 0.1) is 0 Å². The summed E-state index contributed by atoms with van der Waals surface area (Å²) in [5, 5.41) is 4.03. The van der Waals surface area contributed by atoms with Gasteiger partial charge in [0.25, 0.3) is 0 Å². The minimum absolute atomic E-state index is 1.32. The largest absolute Gasteiger partial charge is 0.181 e. The number of benzene rings is 4. The van der Waals surface area contributed by atoms with Crippen molar-refractivity contribution < 1.29 is 0 Å². The fraction of sp³-hybridized carbons (Fsp3) is 0.0400. The fourth-order valence-corrected chi connectivity index (χ4v) is 7.65. The van der Waals surface area contributed by atoms with Gasteiger partial charge in [0.1, 0.15) is 15.9 Å². The van der Waals surface area contributed by atoms with Crippen LogP contribution in [0.1, 0.15) is 5.56 Å². The molecule has 0 aliphatic heterocycles. The van der Waals surface area contributed by atoms with Gasteiger partial charge in [-0.15, -0.1) is 0 Å². The van der Waals surface area contributed by atoms with Gasteiger partial charge in [0.2, 0.25) is 0 Å². The monoisotopic (exact) mass is 433 g/mol. The molecule has 2 heteroatoms. The van der Waals surface area contributed by atoms with Crippen LogP contribution in [0.4, 0.5) is 0 Å². The van der Waals surface area contributed by atoms with Crippen LogP contribution in [0.5, 0.6) is 0 Å². The summed E-state index contributed by atoms with van der Waals surface area (Å²) in [5.41, 5.74) is 1.32. The smallest absolute Gasteiger partial charge is 0.0622 e. The topological polar surface area (TPSA) is 0 Å². The van der Waals surface area contributed by atoms with E-state index >= 15 is 0 Å². The second-order valence-electron chi connectivity index (χ2n) is 6.25. The number of halogens is 1. The van der Waals surface area contributed by atoms with E-state index in [0.717, 1.165) is 0 Å². The first-order valence-electron chi connectivity index (χ1n) is 8.98. The van der Waals surface area contributed by atoms with Gasteiger partial charge in [-0.2, -0.15) is 0 Å². The molecule has 4 aromatic rings. The molecule has 4 aromatic carbocycles. The van der Waals surface area contributed by atoms with Crippen molar-refractivity contribution in [3.8, 4) is 0 Å². The van der Waals surface area contributed by atoms with Crippen LogP contribution < -0.4 is 15.9 Å². The van der Waals surface area contributed by atoms with E-state index in [9.17, 15) is 0 Å². The van der Waals surface area contributed by atoms with Gasteiger partial charge in [-0.3, -0.25) is 0 Å². The van der Waals surface area contributed by atoms with E-state index in [4.69, 9.17) is 0 Å². The van der Waals surface area contributed by atoms with Gasteiger partial charge in [0, 0.05) is 0 Å². The number of rotatable bonds is 3. The molecule has 0 spiro atoms. The minimum atomic E-state index is -1.71. The second-order valence-corrected chi connectivity index (χ2v) is 12.2. The van der Waals surface area contributed by atoms with E-state index in [2.05, 4.69) is 126 Å². The predicted molar refractivity (Wildman–Crippen MR) is 125 cm³/mol. The quantitative estimate of drug-likeness (QED) is 0.333. The normalized spacial score (nSPS) is 10.6. The van der Waals surface area contributed by atoms with Crippen LogP contribution in [-0.2, 0) is 0 Å². The Bertz CT molecular complexity index is 826. The van der Waals surface area contributed by atoms with E-state index in [1.54, 1.807) is 0 Å². The molecule has 0 nitrogen and oxygen atoms in total. The van der Waals surface area contributed by atoms with E-state index in [1.165, 1.54) is 21.5 Å². The summed E-state index contributed by atoms with van der Waals surface area (Å²) in [6.45, 7) is 2.08. The van der Waals surface area contributed by atoms with Gasteiger partial charge in [-0.25, -0.2) is 0 Å². The van der Waals surface area contributed by atoms with E-state index in [-0.39, 0.29) is 0 Å². The molecule has 0 heterocycles. The first kappa shape index (κ1) is 19.5. The lowest BCUT2D eigenvalue weighted by atomic mass is 10.2. The van der Waals surface area contributed by atoms with Crippen LogP contribution >= 0.6 is 21.5 Å². The Balaban J connectivity index is 0.000000253. The highest BCUT2D eigenvalue weighted by Gasteiger charge is 2.43. The third-order valence-electron chi connectivity index (χ3n) is 4.28. The van der Waals surface area contributed by atoms with E-state index < -0.39 is 5.96 Å². The first-order valence-corrected chi connectivity index (χ1v) is 12.8. The zero-order valence-corrected chi connectivity index (χ0v) is 17.9. The average Bonchev–Trinajstić information content (AvgIpc) is 2.76. The van der Waals surface area contributed by atoms with Crippen molar-refractivity contribution in [2.45, 2.75) is 6.92 Å². The summed E-state index contributed by atoms with van der Waals surface area (Å²) in [5.74, 6) is -1.71. The lowest BCUT2D eigenvalue weighted by molar-refractivity contribution is 1.48. The van der Waals surface area contributed by atoms with Crippen molar-refractivity contribution in [1.29, 1.82) is 0 Å². The molecule has 4 rings (SSSR count). The highest BCUT2D eigenvalue weighted by molar-refractivity contribution is 9.44. The third-order valence-corrected chi connectivity index (χ3v) is 11.0. The second kappa shape index (κ2) is 9.65. The minimum Gasteiger partial charge on any atom is -0.0622 e. The Morgan fingerprint density at radius 1 is 0.444 bits per heavy atom. The molecular formula is C25H23BrP+. The summed E-state index contributed by atoms with van der Waals surface area (Å²) < 4.78 is 0. The summed E-state index contributed by atoms with van der Waals surface area (Å²) in [4.78, 5) is 0. The van der Waals surface area contributed by atoms with Gasteiger partial charge in [-0.1, -0.05) is 90.5 Å². The molecule has 0 bridgehead atoms. The molecule has 0 fully saturated rings. The summed E-state index contributed by atoms with van der Waals surface area (Å²) in [6.07, 6.45) is 0. The Labute approximate surface area is 171 Å². The molecule has 134 valence electrons. The molecular weight excluding hydrogens is 411 g/mol. The zero-order valence-electron chi connectivity index (χ0n) is 15.4.